The highest BCUT2D eigenvalue weighted by molar-refractivity contribution is 5.66. The Kier molecular flexibility index (Phi) is 5.72. The van der Waals surface area contributed by atoms with Crippen molar-refractivity contribution in [2.45, 2.75) is 45.6 Å². The summed E-state index contributed by atoms with van der Waals surface area (Å²) in [5.41, 5.74) is 5.61. The molecule has 12 heavy (non-hydrogen) atoms. The van der Waals surface area contributed by atoms with Crippen LogP contribution in [-0.4, -0.2) is 17.1 Å². The van der Waals surface area contributed by atoms with Gasteiger partial charge in [-0.2, -0.15) is 0 Å². The van der Waals surface area contributed by atoms with E-state index in [0.29, 0.717) is 5.92 Å². The largest absolute Gasteiger partial charge is 0.481 e. The Morgan fingerprint density at radius 2 is 2.08 bits per heavy atom. The molecule has 0 radical (unpaired) electrons. The van der Waals surface area contributed by atoms with Crippen LogP contribution in [0.25, 0.3) is 0 Å². The Bertz CT molecular complexity index is 134. The molecule has 0 rings (SSSR count). The van der Waals surface area contributed by atoms with E-state index in [4.69, 9.17) is 10.8 Å². The number of carbonyl (C=O) groups is 1. The predicted octanol–water partition coefficient (Wildman–Crippen LogP) is 1.61. The van der Waals surface area contributed by atoms with Crippen molar-refractivity contribution in [3.63, 3.8) is 0 Å². The first-order valence-corrected chi connectivity index (χ1v) is 4.49. The monoisotopic (exact) mass is 173 g/mol. The Morgan fingerprint density at radius 1 is 1.50 bits per heavy atom. The molecule has 3 nitrogen and oxygen atoms in total. The molecule has 0 spiro atoms. The van der Waals surface area contributed by atoms with Gasteiger partial charge < -0.3 is 10.8 Å². The van der Waals surface area contributed by atoms with Crippen LogP contribution in [0.4, 0.5) is 0 Å². The molecule has 2 unspecified atom stereocenters. The normalized spacial score (nSPS) is 15.6. The maximum absolute atomic E-state index is 10.2. The van der Waals surface area contributed by atoms with Crippen LogP contribution in [0.2, 0.25) is 0 Å². The van der Waals surface area contributed by atoms with Crippen LogP contribution in [0.15, 0.2) is 0 Å². The van der Waals surface area contributed by atoms with Crippen molar-refractivity contribution in [3.8, 4) is 0 Å². The van der Waals surface area contributed by atoms with Gasteiger partial charge in [-0.1, -0.05) is 13.3 Å². The number of aliphatic carboxylic acids is 1. The van der Waals surface area contributed by atoms with Gasteiger partial charge in [-0.3, -0.25) is 4.79 Å². The van der Waals surface area contributed by atoms with Crippen molar-refractivity contribution >= 4 is 5.97 Å². The maximum Gasteiger partial charge on any atom is 0.303 e. The molecule has 0 aromatic rings. The van der Waals surface area contributed by atoms with E-state index in [9.17, 15) is 4.79 Å². The number of carboxylic acids is 1. The molecule has 0 heterocycles. The summed E-state index contributed by atoms with van der Waals surface area (Å²) in [6.07, 6.45) is 3.00. The molecule has 0 saturated carbocycles. The SMILES string of the molecule is CC(N)CC(C)CCCC(=O)O. The molecule has 0 bridgehead atoms. The van der Waals surface area contributed by atoms with Gasteiger partial charge >= 0.3 is 5.97 Å². The number of carboxylic acid groups (broad SMARTS) is 1. The fourth-order valence-electron chi connectivity index (χ4n) is 1.35. The van der Waals surface area contributed by atoms with Gasteiger partial charge in [0, 0.05) is 12.5 Å². The molecule has 0 aromatic carbocycles. The van der Waals surface area contributed by atoms with Gasteiger partial charge in [0.1, 0.15) is 0 Å². The topological polar surface area (TPSA) is 63.3 Å². The second-order valence-corrected chi connectivity index (χ2v) is 3.60. The summed E-state index contributed by atoms with van der Waals surface area (Å²) in [5.74, 6) is -0.160. The average molecular weight is 173 g/mol. The minimum Gasteiger partial charge on any atom is -0.481 e. The van der Waals surface area contributed by atoms with Crippen molar-refractivity contribution in [2.24, 2.45) is 11.7 Å². The molecule has 0 saturated heterocycles. The molecular weight excluding hydrogens is 154 g/mol. The lowest BCUT2D eigenvalue weighted by Gasteiger charge is -2.12. The summed E-state index contributed by atoms with van der Waals surface area (Å²) in [7, 11) is 0. The molecule has 0 fully saturated rings. The third kappa shape index (κ3) is 7.54. The molecular formula is C9H19NO2. The van der Waals surface area contributed by atoms with Gasteiger partial charge in [0.05, 0.1) is 0 Å². The second-order valence-electron chi connectivity index (χ2n) is 3.60. The van der Waals surface area contributed by atoms with Crippen LogP contribution >= 0.6 is 0 Å². The van der Waals surface area contributed by atoms with Gasteiger partial charge in [-0.15, -0.1) is 0 Å². The summed E-state index contributed by atoms with van der Waals surface area (Å²) >= 11 is 0. The lowest BCUT2D eigenvalue weighted by atomic mass is 9.97. The zero-order valence-electron chi connectivity index (χ0n) is 7.92. The van der Waals surface area contributed by atoms with Crippen molar-refractivity contribution in [1.29, 1.82) is 0 Å². The minimum absolute atomic E-state index is 0.227. The molecule has 0 aromatic heterocycles. The van der Waals surface area contributed by atoms with E-state index >= 15 is 0 Å². The van der Waals surface area contributed by atoms with Crippen molar-refractivity contribution < 1.29 is 9.90 Å². The van der Waals surface area contributed by atoms with E-state index in [-0.39, 0.29) is 12.5 Å². The first-order valence-electron chi connectivity index (χ1n) is 4.49. The first kappa shape index (κ1) is 11.4. The number of hydrogen-bond acceptors (Lipinski definition) is 2. The summed E-state index contributed by atoms with van der Waals surface area (Å²) in [6, 6.07) is 0.227. The minimum atomic E-state index is -0.706. The Labute approximate surface area is 74.0 Å². The van der Waals surface area contributed by atoms with E-state index < -0.39 is 5.97 Å². The highest BCUT2D eigenvalue weighted by Crippen LogP contribution is 2.12. The number of hydrogen-bond donors (Lipinski definition) is 2. The molecule has 0 aliphatic rings. The van der Waals surface area contributed by atoms with Gasteiger partial charge in [0.25, 0.3) is 0 Å². The van der Waals surface area contributed by atoms with Crippen LogP contribution < -0.4 is 5.73 Å². The van der Waals surface area contributed by atoms with Crippen LogP contribution in [0, 0.1) is 5.92 Å². The summed E-state index contributed by atoms with van der Waals surface area (Å²) in [6.45, 7) is 4.10. The van der Waals surface area contributed by atoms with Gasteiger partial charge in [-0.05, 0) is 25.7 Å². The molecule has 0 amide bonds. The molecule has 72 valence electrons. The predicted molar refractivity (Wildman–Crippen MR) is 48.9 cm³/mol. The van der Waals surface area contributed by atoms with Gasteiger partial charge in [-0.25, -0.2) is 0 Å². The number of rotatable bonds is 6. The Balaban J connectivity index is 3.31. The molecule has 0 aliphatic carbocycles. The highest BCUT2D eigenvalue weighted by Gasteiger charge is 2.05. The zero-order chi connectivity index (χ0) is 9.56. The number of nitrogens with two attached hydrogens (primary N) is 1. The molecule has 3 N–H and O–H groups in total. The van der Waals surface area contributed by atoms with E-state index in [1.165, 1.54) is 0 Å². The van der Waals surface area contributed by atoms with Crippen LogP contribution in [0.5, 0.6) is 0 Å². The van der Waals surface area contributed by atoms with Crippen molar-refractivity contribution in [2.75, 3.05) is 0 Å². The quantitative estimate of drug-likeness (QED) is 0.641. The van der Waals surface area contributed by atoms with Crippen LogP contribution in [0.1, 0.15) is 39.5 Å². The lowest BCUT2D eigenvalue weighted by molar-refractivity contribution is -0.137. The van der Waals surface area contributed by atoms with Gasteiger partial charge in [0.2, 0.25) is 0 Å². The average Bonchev–Trinajstić information content (AvgIpc) is 1.84. The third-order valence-corrected chi connectivity index (χ3v) is 1.86. The second kappa shape index (κ2) is 6.00. The molecule has 2 atom stereocenters. The Hall–Kier alpha value is -0.570. The Morgan fingerprint density at radius 3 is 2.50 bits per heavy atom. The zero-order valence-corrected chi connectivity index (χ0v) is 7.92. The van der Waals surface area contributed by atoms with Crippen molar-refractivity contribution in [3.05, 3.63) is 0 Å². The summed E-state index contributed by atoms with van der Waals surface area (Å²) in [4.78, 5) is 10.2. The van der Waals surface area contributed by atoms with Crippen LogP contribution in [-0.2, 0) is 4.79 Å². The van der Waals surface area contributed by atoms with Crippen molar-refractivity contribution in [1.82, 2.24) is 0 Å². The third-order valence-electron chi connectivity index (χ3n) is 1.86. The van der Waals surface area contributed by atoms with E-state index in [1.807, 2.05) is 6.92 Å². The fourth-order valence-corrected chi connectivity index (χ4v) is 1.35. The van der Waals surface area contributed by atoms with Gasteiger partial charge in [0.15, 0.2) is 0 Å². The molecule has 3 heteroatoms. The standard InChI is InChI=1S/C9H19NO2/c1-7(6-8(2)10)4-3-5-9(11)12/h7-8H,3-6,10H2,1-2H3,(H,11,12). The summed E-state index contributed by atoms with van der Waals surface area (Å²) < 4.78 is 0. The van der Waals surface area contributed by atoms with E-state index in [1.54, 1.807) is 0 Å². The van der Waals surface area contributed by atoms with E-state index in [2.05, 4.69) is 6.92 Å². The maximum atomic E-state index is 10.2. The summed E-state index contributed by atoms with van der Waals surface area (Å²) in [5, 5.41) is 8.38. The lowest BCUT2D eigenvalue weighted by Crippen LogP contribution is -2.18. The highest BCUT2D eigenvalue weighted by atomic mass is 16.4. The van der Waals surface area contributed by atoms with E-state index in [0.717, 1.165) is 19.3 Å². The molecule has 0 aliphatic heterocycles. The van der Waals surface area contributed by atoms with Crippen LogP contribution in [0.3, 0.4) is 0 Å². The fraction of sp³-hybridized carbons (Fsp3) is 0.889. The smallest absolute Gasteiger partial charge is 0.303 e. The first-order chi connectivity index (χ1) is 5.52.